The average Bonchev–Trinajstić information content (AvgIpc) is 1.64. The van der Waals surface area contributed by atoms with Crippen LogP contribution in [0.1, 0.15) is 0 Å². The van der Waals surface area contributed by atoms with Gasteiger partial charge >= 0.3 is 0 Å². The van der Waals surface area contributed by atoms with E-state index in [1.807, 2.05) is 5.43 Å². The first-order valence-corrected chi connectivity index (χ1v) is 1.93. The third kappa shape index (κ3) is 0.868. The number of nitrogens with zero attached hydrogens (tertiary/aromatic N) is 2. The average molecular weight is 115 g/mol. The molecule has 43 valence electrons. The Labute approximate surface area is 45.4 Å². The second kappa shape index (κ2) is 1.69. The molecule has 0 aromatic heterocycles. The van der Waals surface area contributed by atoms with Crippen molar-refractivity contribution in [1.29, 1.82) is 0 Å². The fraction of sp³-hybridized carbons (Fsp3) is 0. The molecule has 0 unspecified atom stereocenters. The zero-order chi connectivity index (χ0) is 5.98. The lowest BCUT2D eigenvalue weighted by atomic mass is 10.6. The first-order chi connectivity index (χ1) is 3.79. The molecule has 0 aromatic rings. The topological polar surface area (TPSA) is 53.6 Å². The van der Waals surface area contributed by atoms with Crippen molar-refractivity contribution < 1.29 is 4.48 Å². The van der Waals surface area contributed by atoms with Crippen LogP contribution >= 0.6 is 0 Å². The second-order valence-corrected chi connectivity index (χ2v) is 1.19. The lowest BCUT2D eigenvalue weighted by Gasteiger charge is -2.08. The third-order valence-corrected chi connectivity index (χ3v) is 0.580. The number of nitrogens with one attached hydrogen (secondary N) is 1. The Hall–Kier alpha value is -1.26. The molecule has 3 N–H and O–H groups in total. The summed E-state index contributed by atoms with van der Waals surface area (Å²) in [6.45, 7) is 0. The van der Waals surface area contributed by atoms with Crippen molar-refractivity contribution in [1.82, 2.24) is 10.8 Å². The van der Waals surface area contributed by atoms with Crippen LogP contribution in [0.25, 0.3) is 0 Å². The largest absolute Gasteiger partial charge is 0.382 e. The van der Waals surface area contributed by atoms with Crippen molar-refractivity contribution in [2.45, 2.75) is 0 Å². The van der Waals surface area contributed by atoms with Gasteiger partial charge in [0.2, 0.25) is 0 Å². The first-order valence-electron chi connectivity index (χ1n) is 1.93. The zero-order valence-electron chi connectivity index (χ0n) is 3.93. The zero-order valence-corrected chi connectivity index (χ0v) is 3.93. The minimum atomic E-state index is -0.0185. The summed E-state index contributed by atoms with van der Waals surface area (Å²) in [5.41, 5.74) is 7.04. The van der Waals surface area contributed by atoms with Crippen molar-refractivity contribution in [3.8, 4) is 0 Å². The molecule has 0 bridgehead atoms. The van der Waals surface area contributed by atoms with Gasteiger partial charge in [-0.25, -0.2) is 0 Å². The molecule has 0 saturated carbocycles. The van der Waals surface area contributed by atoms with E-state index >= 15 is 0 Å². The van der Waals surface area contributed by atoms with Gasteiger partial charge in [-0.05, 0) is 5.34 Å². The molecule has 1 heterocycles. The molecule has 0 aliphatic carbocycles. The van der Waals surface area contributed by atoms with E-state index in [9.17, 15) is 4.48 Å². The SMILES string of the molecule is NC1=NN(F)N[C]=C1. The highest BCUT2D eigenvalue weighted by atomic mass is 19.2. The quantitative estimate of drug-likeness (QED) is 0.409. The predicted molar refractivity (Wildman–Crippen MR) is 25.5 cm³/mol. The van der Waals surface area contributed by atoms with Crippen LogP contribution in [0, 0.1) is 6.20 Å². The Morgan fingerprint density at radius 2 is 2.75 bits per heavy atom. The van der Waals surface area contributed by atoms with E-state index in [1.165, 1.54) is 6.08 Å². The van der Waals surface area contributed by atoms with Crippen LogP contribution < -0.4 is 11.2 Å². The van der Waals surface area contributed by atoms with E-state index in [0.717, 1.165) is 0 Å². The van der Waals surface area contributed by atoms with Gasteiger partial charge in [0.05, 0.1) is 6.20 Å². The van der Waals surface area contributed by atoms with E-state index in [0.29, 0.717) is 0 Å². The van der Waals surface area contributed by atoms with Crippen molar-refractivity contribution in [3.63, 3.8) is 0 Å². The molecule has 0 atom stereocenters. The molecular weight excluding hydrogens is 111 g/mol. The summed E-state index contributed by atoms with van der Waals surface area (Å²) in [5, 5.41) is 3.10. The number of rotatable bonds is 0. The van der Waals surface area contributed by atoms with Crippen molar-refractivity contribution >= 4 is 5.84 Å². The van der Waals surface area contributed by atoms with Crippen LogP contribution in [0.2, 0.25) is 0 Å². The summed E-state index contributed by atoms with van der Waals surface area (Å²) in [6.07, 6.45) is 3.63. The molecule has 4 nitrogen and oxygen atoms in total. The molecule has 0 fully saturated rings. The molecule has 8 heavy (non-hydrogen) atoms. The van der Waals surface area contributed by atoms with Crippen LogP contribution in [0.4, 0.5) is 4.48 Å². The number of hydrazine groups is 1. The van der Waals surface area contributed by atoms with Crippen molar-refractivity contribution in [2.24, 2.45) is 10.8 Å². The number of hydrogen-bond donors (Lipinski definition) is 2. The van der Waals surface area contributed by atoms with E-state index in [2.05, 4.69) is 11.3 Å². The van der Waals surface area contributed by atoms with Gasteiger partial charge in [-0.2, -0.15) is 0 Å². The fourth-order valence-corrected chi connectivity index (χ4v) is 0.315. The minimum Gasteiger partial charge on any atom is -0.382 e. The Kier molecular flexibility index (Phi) is 1.03. The summed E-state index contributed by atoms with van der Waals surface area (Å²) in [6, 6.07) is 0. The standard InChI is InChI=1S/C3H4FN4/c4-8-6-2-1-3(5)7-8/h1,6H,(H2,5,7). The fourth-order valence-electron chi connectivity index (χ4n) is 0.315. The maximum Gasteiger partial charge on any atom is 0.150 e. The Morgan fingerprint density at radius 1 is 2.00 bits per heavy atom. The van der Waals surface area contributed by atoms with Crippen LogP contribution in [0.15, 0.2) is 11.2 Å². The molecule has 0 saturated heterocycles. The van der Waals surface area contributed by atoms with Gasteiger partial charge in [0.1, 0.15) is 0 Å². The second-order valence-electron chi connectivity index (χ2n) is 1.19. The number of nitrogens with two attached hydrogens (primary N) is 1. The van der Waals surface area contributed by atoms with Gasteiger partial charge in [0.15, 0.2) is 5.84 Å². The lowest BCUT2D eigenvalue weighted by Crippen LogP contribution is -2.29. The highest BCUT2D eigenvalue weighted by molar-refractivity contribution is 5.90. The normalized spacial score (nSPS) is 17.6. The van der Waals surface area contributed by atoms with Gasteiger partial charge in [0, 0.05) is 6.08 Å². The first kappa shape index (κ1) is 4.89. The van der Waals surface area contributed by atoms with E-state index in [-0.39, 0.29) is 11.2 Å². The minimum absolute atomic E-state index is 0.0185. The highest BCUT2D eigenvalue weighted by Crippen LogP contribution is 1.88. The van der Waals surface area contributed by atoms with Crippen molar-refractivity contribution in [3.05, 3.63) is 12.3 Å². The Balaban J connectivity index is 2.63. The Morgan fingerprint density at radius 3 is 3.12 bits per heavy atom. The predicted octanol–water partition coefficient (Wildman–Crippen LogP) is -0.720. The molecule has 1 aliphatic rings. The van der Waals surface area contributed by atoms with E-state index < -0.39 is 0 Å². The molecular formula is C3H4FN4. The van der Waals surface area contributed by atoms with Crippen LogP contribution in [-0.2, 0) is 0 Å². The molecule has 1 aliphatic heterocycles. The van der Waals surface area contributed by atoms with Gasteiger partial charge in [-0.3, -0.25) is 5.43 Å². The summed E-state index contributed by atoms with van der Waals surface area (Å²) >= 11 is 0. The Bertz CT molecular complexity index is 140. The molecule has 0 amide bonds. The maximum atomic E-state index is 11.8. The molecule has 1 rings (SSSR count). The van der Waals surface area contributed by atoms with Gasteiger partial charge < -0.3 is 5.73 Å². The number of amidine groups is 1. The third-order valence-electron chi connectivity index (χ3n) is 0.580. The van der Waals surface area contributed by atoms with Gasteiger partial charge in [-0.15, -0.1) is 5.10 Å². The molecule has 5 heteroatoms. The smallest absolute Gasteiger partial charge is 0.150 e. The van der Waals surface area contributed by atoms with Crippen LogP contribution in [-0.4, -0.2) is 11.2 Å². The summed E-state index contributed by atoms with van der Waals surface area (Å²) in [5.74, 6) is 0.0891. The van der Waals surface area contributed by atoms with Gasteiger partial charge in [0.25, 0.3) is 0 Å². The molecule has 0 spiro atoms. The van der Waals surface area contributed by atoms with Crippen molar-refractivity contribution in [2.75, 3.05) is 0 Å². The number of hydrazone groups is 1. The number of halogens is 1. The monoisotopic (exact) mass is 115 g/mol. The number of hydrogen-bond acceptors (Lipinski definition) is 4. The summed E-state index contributed by atoms with van der Waals surface area (Å²) in [7, 11) is 0. The summed E-state index contributed by atoms with van der Waals surface area (Å²) < 4.78 is 11.8. The lowest BCUT2D eigenvalue weighted by molar-refractivity contribution is -0.0171. The maximum absolute atomic E-state index is 11.8. The van der Waals surface area contributed by atoms with E-state index in [1.54, 1.807) is 0 Å². The molecule has 1 radical (unpaired) electrons. The highest BCUT2D eigenvalue weighted by Gasteiger charge is 1.98. The van der Waals surface area contributed by atoms with Gasteiger partial charge in [-0.1, -0.05) is 4.48 Å². The van der Waals surface area contributed by atoms with Crippen LogP contribution in [0.5, 0.6) is 0 Å². The van der Waals surface area contributed by atoms with Crippen LogP contribution in [0.3, 0.4) is 0 Å². The molecule has 0 aromatic carbocycles. The summed E-state index contributed by atoms with van der Waals surface area (Å²) in [4.78, 5) is 0. The van der Waals surface area contributed by atoms with E-state index in [4.69, 9.17) is 5.73 Å².